The minimum absolute atomic E-state index is 0.528. The zero-order valence-electron chi connectivity index (χ0n) is 11.6. The van der Waals surface area contributed by atoms with Gasteiger partial charge in [0.2, 0.25) is 0 Å². The Morgan fingerprint density at radius 2 is 2.25 bits per heavy atom. The summed E-state index contributed by atoms with van der Waals surface area (Å²) in [6.07, 6.45) is 2.23. The van der Waals surface area contributed by atoms with Crippen molar-refractivity contribution in [3.63, 3.8) is 0 Å². The number of ether oxygens (including phenoxy) is 1. The van der Waals surface area contributed by atoms with Gasteiger partial charge in [-0.25, -0.2) is 4.98 Å². The van der Waals surface area contributed by atoms with E-state index in [0.29, 0.717) is 27.3 Å². The molecule has 0 aliphatic heterocycles. The van der Waals surface area contributed by atoms with Crippen molar-refractivity contribution in [2.24, 2.45) is 0 Å². The normalized spacial score (nSPS) is 12.9. The summed E-state index contributed by atoms with van der Waals surface area (Å²) in [7, 11) is 5.52. The molecule has 0 fully saturated rings. The quantitative estimate of drug-likeness (QED) is 0.878. The molecule has 0 bridgehead atoms. The number of hydrogen-bond acceptors (Lipinski definition) is 6. The fraction of sp³-hybridized carbons (Fsp3) is 0.500. The Bertz CT molecular complexity index is 570. The van der Waals surface area contributed by atoms with Crippen molar-refractivity contribution in [1.29, 1.82) is 0 Å². The van der Waals surface area contributed by atoms with E-state index in [9.17, 15) is 5.11 Å². The maximum atomic E-state index is 10.5. The number of aromatic nitrogens is 3. The van der Waals surface area contributed by atoms with Crippen LogP contribution in [0.5, 0.6) is 5.75 Å². The number of hydrogen-bond donors (Lipinski definition) is 1. The molecular weight excluding hydrogens is 300 g/mol. The van der Waals surface area contributed by atoms with Gasteiger partial charge in [-0.2, -0.15) is 5.10 Å². The van der Waals surface area contributed by atoms with E-state index in [1.165, 1.54) is 17.5 Å². The molecule has 2 rings (SSSR count). The second-order valence-corrected chi connectivity index (χ2v) is 6.22. The lowest BCUT2D eigenvalue weighted by Crippen LogP contribution is -2.21. The first kappa shape index (κ1) is 15.2. The Hall–Kier alpha value is -1.15. The molecule has 8 heteroatoms. The molecule has 0 aromatic carbocycles. The van der Waals surface area contributed by atoms with Crippen molar-refractivity contribution in [1.82, 2.24) is 19.7 Å². The number of likely N-dealkylation sites (N-methyl/N-ethyl adjacent to an activating group) is 1. The summed E-state index contributed by atoms with van der Waals surface area (Å²) in [4.78, 5) is 6.16. The van der Waals surface area contributed by atoms with Crippen LogP contribution >= 0.6 is 22.9 Å². The van der Waals surface area contributed by atoms with Gasteiger partial charge in [-0.3, -0.25) is 4.68 Å². The van der Waals surface area contributed by atoms with E-state index in [1.807, 2.05) is 19.0 Å². The molecule has 0 spiro atoms. The summed E-state index contributed by atoms with van der Waals surface area (Å²) in [6, 6.07) is 0. The second kappa shape index (κ2) is 6.53. The van der Waals surface area contributed by atoms with E-state index in [4.69, 9.17) is 16.3 Å². The molecule has 0 aliphatic carbocycles. The molecule has 0 amide bonds. The number of thiazole rings is 1. The van der Waals surface area contributed by atoms with Crippen LogP contribution in [0.25, 0.3) is 0 Å². The highest BCUT2D eigenvalue weighted by atomic mass is 35.5. The number of aliphatic hydroxyl groups is 1. The first-order valence-electron chi connectivity index (χ1n) is 6.06. The van der Waals surface area contributed by atoms with Crippen LogP contribution in [0.3, 0.4) is 0 Å². The standard InChI is InChI=1S/C12H17ClN4O2S/c1-16(2)4-5-17-10(8(19-3)6-15-17)11(18)12-14-7-9(13)20-12/h6-7,11,18H,4-5H2,1-3H3. The third-order valence-electron chi connectivity index (χ3n) is 2.81. The van der Waals surface area contributed by atoms with Crippen molar-refractivity contribution >= 4 is 22.9 Å². The van der Waals surface area contributed by atoms with Crippen LogP contribution in [0.4, 0.5) is 0 Å². The molecule has 0 aliphatic rings. The predicted molar refractivity (Wildman–Crippen MR) is 78.5 cm³/mol. The molecule has 1 unspecified atom stereocenters. The van der Waals surface area contributed by atoms with Crippen LogP contribution in [-0.4, -0.2) is 52.5 Å². The molecule has 1 atom stereocenters. The lowest BCUT2D eigenvalue weighted by molar-refractivity contribution is 0.199. The average molecular weight is 317 g/mol. The monoisotopic (exact) mass is 316 g/mol. The molecule has 0 saturated heterocycles. The van der Waals surface area contributed by atoms with E-state index in [-0.39, 0.29) is 0 Å². The van der Waals surface area contributed by atoms with Crippen molar-refractivity contribution in [2.45, 2.75) is 12.6 Å². The topological polar surface area (TPSA) is 63.4 Å². The van der Waals surface area contributed by atoms with E-state index in [1.54, 1.807) is 18.0 Å². The van der Waals surface area contributed by atoms with Crippen molar-refractivity contribution in [3.8, 4) is 5.75 Å². The number of aliphatic hydroxyl groups excluding tert-OH is 1. The minimum Gasteiger partial charge on any atom is -0.493 e. The van der Waals surface area contributed by atoms with Crippen molar-refractivity contribution < 1.29 is 9.84 Å². The highest BCUT2D eigenvalue weighted by Crippen LogP contribution is 2.33. The van der Waals surface area contributed by atoms with Crippen LogP contribution in [0.2, 0.25) is 4.34 Å². The summed E-state index contributed by atoms with van der Waals surface area (Å²) in [5.41, 5.74) is 0.598. The molecule has 2 aromatic heterocycles. The Morgan fingerprint density at radius 1 is 1.50 bits per heavy atom. The van der Waals surface area contributed by atoms with Crippen LogP contribution in [0.1, 0.15) is 16.8 Å². The summed E-state index contributed by atoms with van der Waals surface area (Å²) in [6.45, 7) is 1.46. The minimum atomic E-state index is -0.896. The zero-order chi connectivity index (χ0) is 14.7. The molecule has 0 saturated carbocycles. The molecular formula is C12H17ClN4O2S. The second-order valence-electron chi connectivity index (χ2n) is 4.53. The Balaban J connectivity index is 2.30. The van der Waals surface area contributed by atoms with Crippen LogP contribution in [0.15, 0.2) is 12.4 Å². The Morgan fingerprint density at radius 3 is 2.80 bits per heavy atom. The number of nitrogens with zero attached hydrogens (tertiary/aromatic N) is 4. The van der Waals surface area contributed by atoms with Gasteiger partial charge in [0.05, 0.1) is 26.0 Å². The van der Waals surface area contributed by atoms with Gasteiger partial charge in [0.25, 0.3) is 0 Å². The fourth-order valence-electron chi connectivity index (χ4n) is 1.79. The average Bonchev–Trinajstić information content (AvgIpc) is 3.01. The van der Waals surface area contributed by atoms with Gasteiger partial charge in [0, 0.05) is 6.54 Å². The van der Waals surface area contributed by atoms with E-state index in [2.05, 4.69) is 10.1 Å². The number of methoxy groups -OCH3 is 1. The van der Waals surface area contributed by atoms with E-state index >= 15 is 0 Å². The SMILES string of the molecule is COc1cnn(CCN(C)C)c1C(O)c1ncc(Cl)s1. The van der Waals surface area contributed by atoms with Gasteiger partial charge in [-0.1, -0.05) is 11.6 Å². The summed E-state index contributed by atoms with van der Waals surface area (Å²) in [5, 5.41) is 15.3. The molecule has 110 valence electrons. The lowest BCUT2D eigenvalue weighted by atomic mass is 10.2. The molecule has 20 heavy (non-hydrogen) atoms. The van der Waals surface area contributed by atoms with Gasteiger partial charge in [0.15, 0.2) is 11.9 Å². The highest BCUT2D eigenvalue weighted by molar-refractivity contribution is 7.15. The molecule has 2 aromatic rings. The third kappa shape index (κ3) is 3.29. The first-order chi connectivity index (χ1) is 9.52. The molecule has 6 nitrogen and oxygen atoms in total. The van der Waals surface area contributed by atoms with Gasteiger partial charge < -0.3 is 14.7 Å². The van der Waals surface area contributed by atoms with Crippen LogP contribution in [0, 0.1) is 0 Å². The first-order valence-corrected chi connectivity index (χ1v) is 7.26. The lowest BCUT2D eigenvalue weighted by Gasteiger charge is -2.15. The summed E-state index contributed by atoms with van der Waals surface area (Å²) < 4.78 is 7.54. The van der Waals surface area contributed by atoms with E-state index < -0.39 is 6.10 Å². The van der Waals surface area contributed by atoms with Crippen molar-refractivity contribution in [3.05, 3.63) is 27.4 Å². The zero-order valence-corrected chi connectivity index (χ0v) is 13.1. The van der Waals surface area contributed by atoms with Crippen LogP contribution in [-0.2, 0) is 6.54 Å². The number of halogens is 1. The molecule has 0 radical (unpaired) electrons. The van der Waals surface area contributed by atoms with Gasteiger partial charge >= 0.3 is 0 Å². The fourth-order valence-corrected chi connectivity index (χ4v) is 2.71. The van der Waals surface area contributed by atoms with Crippen LogP contribution < -0.4 is 4.74 Å². The smallest absolute Gasteiger partial charge is 0.163 e. The molecule has 1 N–H and O–H groups in total. The predicted octanol–water partition coefficient (Wildman–Crippen LogP) is 1.64. The Kier molecular flexibility index (Phi) is 4.98. The highest BCUT2D eigenvalue weighted by Gasteiger charge is 2.24. The number of rotatable bonds is 6. The van der Waals surface area contributed by atoms with Gasteiger partial charge in [0.1, 0.15) is 15.0 Å². The summed E-state index contributed by atoms with van der Waals surface area (Å²) in [5.74, 6) is 0.544. The van der Waals surface area contributed by atoms with Gasteiger partial charge in [-0.15, -0.1) is 11.3 Å². The molecule has 2 heterocycles. The van der Waals surface area contributed by atoms with Gasteiger partial charge in [-0.05, 0) is 14.1 Å². The maximum Gasteiger partial charge on any atom is 0.163 e. The summed E-state index contributed by atoms with van der Waals surface area (Å²) >= 11 is 7.11. The van der Waals surface area contributed by atoms with E-state index in [0.717, 1.165) is 6.54 Å². The third-order valence-corrected chi connectivity index (χ3v) is 3.98. The Labute approximate surface area is 126 Å². The largest absolute Gasteiger partial charge is 0.493 e. The maximum absolute atomic E-state index is 10.5. The van der Waals surface area contributed by atoms with Crippen molar-refractivity contribution in [2.75, 3.05) is 27.7 Å².